The minimum Gasteiger partial charge on any atom is -0.477 e. The minimum absolute atomic E-state index is 0.360. The summed E-state index contributed by atoms with van der Waals surface area (Å²) in [5.74, 6) is 0.0993. The molecule has 1 saturated carbocycles. The van der Waals surface area contributed by atoms with Gasteiger partial charge in [0.25, 0.3) is 0 Å². The molecule has 1 aliphatic carbocycles. The van der Waals surface area contributed by atoms with E-state index in [0.29, 0.717) is 16.9 Å². The number of unbranched alkanes of at least 4 members (excludes halogenated alkanes) is 5. The Balaban J connectivity index is 0.000000273. The van der Waals surface area contributed by atoms with Gasteiger partial charge in [-0.05, 0) is 50.2 Å². The van der Waals surface area contributed by atoms with E-state index in [1.807, 2.05) is 6.07 Å². The van der Waals surface area contributed by atoms with Crippen LogP contribution in [0.5, 0.6) is 0 Å². The summed E-state index contributed by atoms with van der Waals surface area (Å²) >= 11 is 7.45. The third-order valence-corrected chi connectivity index (χ3v) is 6.40. The lowest BCUT2D eigenvalue weighted by atomic mass is 9.99. The Labute approximate surface area is 167 Å². The molecular weight excluding hydrogens is 368 g/mol. The van der Waals surface area contributed by atoms with E-state index in [4.69, 9.17) is 21.8 Å². The van der Waals surface area contributed by atoms with Crippen molar-refractivity contribution in [1.82, 2.24) is 0 Å². The van der Waals surface area contributed by atoms with E-state index in [9.17, 15) is 4.79 Å². The molecule has 26 heavy (non-hydrogen) atoms. The molecule has 2 atom stereocenters. The number of halogens is 1. The van der Waals surface area contributed by atoms with Crippen LogP contribution in [0.15, 0.2) is 12.1 Å². The molecule has 5 heteroatoms. The molecule has 1 fully saturated rings. The van der Waals surface area contributed by atoms with Gasteiger partial charge >= 0.3 is 5.97 Å². The van der Waals surface area contributed by atoms with E-state index < -0.39 is 5.97 Å². The van der Waals surface area contributed by atoms with Gasteiger partial charge in [-0.25, -0.2) is 4.79 Å². The zero-order valence-corrected chi connectivity index (χ0v) is 17.7. The zero-order valence-electron chi connectivity index (χ0n) is 16.1. The number of aliphatic hydroxyl groups is 1. The molecular formula is C21H35ClO3S. The lowest BCUT2D eigenvalue weighted by Crippen LogP contribution is -1.95. The van der Waals surface area contributed by atoms with Gasteiger partial charge in [0.05, 0.1) is 0 Å². The van der Waals surface area contributed by atoms with Gasteiger partial charge in [-0.3, -0.25) is 0 Å². The first-order valence-corrected chi connectivity index (χ1v) is 11.4. The fourth-order valence-electron chi connectivity index (χ4n) is 3.40. The Morgan fingerprint density at radius 3 is 2.38 bits per heavy atom. The number of aromatic carboxylic acids is 1. The van der Waals surface area contributed by atoms with E-state index in [0.717, 1.165) is 30.1 Å². The topological polar surface area (TPSA) is 57.5 Å². The van der Waals surface area contributed by atoms with Crippen molar-refractivity contribution in [3.05, 3.63) is 21.9 Å². The number of thiophene rings is 1. The van der Waals surface area contributed by atoms with E-state index in [1.54, 1.807) is 6.07 Å². The average molecular weight is 403 g/mol. The number of alkyl halides is 1. The third kappa shape index (κ3) is 10.5. The lowest BCUT2D eigenvalue weighted by Gasteiger charge is -2.08. The van der Waals surface area contributed by atoms with Crippen LogP contribution in [0.3, 0.4) is 0 Å². The Kier molecular flexibility index (Phi) is 13.1. The third-order valence-electron chi connectivity index (χ3n) is 4.87. The normalized spacial score (nSPS) is 19.2. The highest BCUT2D eigenvalue weighted by Crippen LogP contribution is 2.32. The zero-order chi connectivity index (χ0) is 19.2. The van der Waals surface area contributed by atoms with Crippen LogP contribution in [0.4, 0.5) is 0 Å². The van der Waals surface area contributed by atoms with Gasteiger partial charge < -0.3 is 10.2 Å². The smallest absolute Gasteiger partial charge is 0.345 e. The number of carbonyl (C=O) groups is 1. The number of hydrogen-bond acceptors (Lipinski definition) is 3. The molecule has 150 valence electrons. The van der Waals surface area contributed by atoms with Crippen LogP contribution in [0.2, 0.25) is 0 Å². The largest absolute Gasteiger partial charge is 0.477 e. The second-order valence-electron chi connectivity index (χ2n) is 7.23. The van der Waals surface area contributed by atoms with E-state index in [1.165, 1.54) is 69.1 Å². The summed E-state index contributed by atoms with van der Waals surface area (Å²) < 4.78 is 0. The van der Waals surface area contributed by atoms with Crippen molar-refractivity contribution in [3.8, 4) is 0 Å². The molecule has 3 nitrogen and oxygen atoms in total. The van der Waals surface area contributed by atoms with Crippen molar-refractivity contribution in [2.45, 2.75) is 89.4 Å². The van der Waals surface area contributed by atoms with Crippen molar-refractivity contribution in [3.63, 3.8) is 0 Å². The molecule has 2 N–H and O–H groups in total. The summed E-state index contributed by atoms with van der Waals surface area (Å²) in [4.78, 5) is 12.0. The van der Waals surface area contributed by atoms with Crippen LogP contribution in [0.1, 0.15) is 92.1 Å². The molecule has 0 aromatic carbocycles. The van der Waals surface area contributed by atoms with Gasteiger partial charge in [0.2, 0.25) is 0 Å². The second kappa shape index (κ2) is 14.5. The molecule has 0 saturated heterocycles. The summed E-state index contributed by atoms with van der Waals surface area (Å²) in [6.45, 7) is 2.44. The number of rotatable bonds is 11. The van der Waals surface area contributed by atoms with Gasteiger partial charge in [0.1, 0.15) is 4.88 Å². The first-order chi connectivity index (χ1) is 12.6. The highest BCUT2D eigenvalue weighted by atomic mass is 35.5. The molecule has 1 heterocycles. The van der Waals surface area contributed by atoms with E-state index in [-0.39, 0.29) is 0 Å². The highest BCUT2D eigenvalue weighted by molar-refractivity contribution is 7.13. The van der Waals surface area contributed by atoms with E-state index >= 15 is 0 Å². The maximum atomic E-state index is 10.4. The first-order valence-electron chi connectivity index (χ1n) is 10.1. The van der Waals surface area contributed by atoms with Crippen LogP contribution in [0, 0.1) is 5.92 Å². The summed E-state index contributed by atoms with van der Waals surface area (Å²) in [6.07, 6.45) is 14.9. The van der Waals surface area contributed by atoms with Gasteiger partial charge in [-0.2, -0.15) is 0 Å². The molecule has 1 aliphatic rings. The molecule has 0 bridgehead atoms. The standard InChI is InChI=1S/C13H25ClO.C8H10O2S/c14-13-9-8-12(11-13)7-5-3-1-2-4-6-10-15;1-2-3-6-4-5-7(11-6)8(9)10/h12-13,15H,1-11H2;4-5H,2-3H2,1H3,(H,9,10)/t12-,13+;/m0./s1. The van der Waals surface area contributed by atoms with Gasteiger partial charge in [0.15, 0.2) is 0 Å². The lowest BCUT2D eigenvalue weighted by molar-refractivity contribution is 0.0702. The minimum atomic E-state index is -0.822. The van der Waals surface area contributed by atoms with Crippen LogP contribution < -0.4 is 0 Å². The number of carboxylic acid groups (broad SMARTS) is 1. The first kappa shape index (κ1) is 23.5. The van der Waals surface area contributed by atoms with Crippen LogP contribution in [-0.4, -0.2) is 28.2 Å². The Bertz CT molecular complexity index is 489. The van der Waals surface area contributed by atoms with Gasteiger partial charge in [0, 0.05) is 16.9 Å². The van der Waals surface area contributed by atoms with Crippen molar-refractivity contribution in [1.29, 1.82) is 0 Å². The van der Waals surface area contributed by atoms with Crippen molar-refractivity contribution in [2.24, 2.45) is 5.92 Å². The fraction of sp³-hybridized carbons (Fsp3) is 0.762. The summed E-state index contributed by atoms with van der Waals surface area (Å²) in [5, 5.41) is 17.7. The highest BCUT2D eigenvalue weighted by Gasteiger charge is 2.21. The fourth-order valence-corrected chi connectivity index (χ4v) is 4.73. The maximum absolute atomic E-state index is 10.4. The average Bonchev–Trinajstić information content (AvgIpc) is 3.24. The molecule has 0 aliphatic heterocycles. The molecule has 1 aromatic rings. The SMILES string of the molecule is CCCc1ccc(C(=O)O)s1.OCCCCCCCC[C@H]1CC[C@@H](Cl)C1. The van der Waals surface area contributed by atoms with Gasteiger partial charge in [-0.1, -0.05) is 51.9 Å². The predicted octanol–water partition coefficient (Wildman–Crippen LogP) is 6.52. The quantitative estimate of drug-likeness (QED) is 0.327. The number of carboxylic acids is 1. The summed E-state index contributed by atoms with van der Waals surface area (Å²) in [6, 6.07) is 3.55. The van der Waals surface area contributed by atoms with E-state index in [2.05, 4.69) is 6.92 Å². The van der Waals surface area contributed by atoms with Crippen LogP contribution in [-0.2, 0) is 6.42 Å². The van der Waals surface area contributed by atoms with Crippen molar-refractivity contribution < 1.29 is 15.0 Å². The number of hydrogen-bond donors (Lipinski definition) is 2. The second-order valence-corrected chi connectivity index (χ2v) is 9.02. The van der Waals surface area contributed by atoms with Gasteiger partial charge in [-0.15, -0.1) is 22.9 Å². The van der Waals surface area contributed by atoms with Crippen LogP contribution >= 0.6 is 22.9 Å². The molecule has 0 amide bonds. The van der Waals surface area contributed by atoms with Crippen LogP contribution in [0.25, 0.3) is 0 Å². The molecule has 2 rings (SSSR count). The number of aliphatic hydroxyl groups excluding tert-OH is 1. The summed E-state index contributed by atoms with van der Waals surface area (Å²) in [5.41, 5.74) is 0. The molecule has 0 unspecified atom stereocenters. The maximum Gasteiger partial charge on any atom is 0.345 e. The van der Waals surface area contributed by atoms with Crippen molar-refractivity contribution in [2.75, 3.05) is 6.61 Å². The molecule has 0 radical (unpaired) electrons. The van der Waals surface area contributed by atoms with Crippen molar-refractivity contribution >= 4 is 28.9 Å². The Hall–Kier alpha value is -0.580. The Morgan fingerprint density at radius 2 is 1.85 bits per heavy atom. The summed E-state index contributed by atoms with van der Waals surface area (Å²) in [7, 11) is 0. The molecule has 1 aromatic heterocycles. The molecule has 0 spiro atoms. The monoisotopic (exact) mass is 402 g/mol. The Morgan fingerprint density at radius 1 is 1.15 bits per heavy atom. The predicted molar refractivity (Wildman–Crippen MR) is 112 cm³/mol. The number of aryl methyl sites for hydroxylation is 1.